The average molecular weight is 276 g/mol. The Hall–Kier alpha value is -1.94. The van der Waals surface area contributed by atoms with Crippen LogP contribution in [0.4, 0.5) is 4.39 Å². The van der Waals surface area contributed by atoms with Crippen LogP contribution >= 0.6 is 11.6 Å². The number of halogens is 2. The van der Waals surface area contributed by atoms with Gasteiger partial charge in [0.05, 0.1) is 11.6 Å². The largest absolute Gasteiger partial charge is 0.279 e. The highest BCUT2D eigenvalue weighted by Gasteiger charge is 2.14. The van der Waals surface area contributed by atoms with E-state index >= 15 is 0 Å². The van der Waals surface area contributed by atoms with Crippen molar-refractivity contribution >= 4 is 22.8 Å². The molecule has 0 radical (unpaired) electrons. The van der Waals surface area contributed by atoms with Crippen LogP contribution in [-0.2, 0) is 5.88 Å². The first-order valence-corrected chi connectivity index (χ1v) is 6.39. The van der Waals surface area contributed by atoms with Crippen molar-refractivity contribution in [2.75, 3.05) is 0 Å². The lowest BCUT2D eigenvalue weighted by Gasteiger charge is -2.10. The fraction of sp³-hybridized carbons (Fsp3) is 0.143. The average Bonchev–Trinajstić information content (AvgIpc) is 2.77. The van der Waals surface area contributed by atoms with Gasteiger partial charge in [0.1, 0.15) is 17.2 Å². The molecule has 2 heterocycles. The van der Waals surface area contributed by atoms with Crippen LogP contribution < -0.4 is 0 Å². The molecular formula is C14H11ClFN3. The highest BCUT2D eigenvalue weighted by atomic mass is 35.5. The van der Waals surface area contributed by atoms with Crippen molar-refractivity contribution < 1.29 is 4.39 Å². The molecule has 5 heteroatoms. The van der Waals surface area contributed by atoms with Gasteiger partial charge in [-0.25, -0.2) is 14.4 Å². The maximum atomic E-state index is 13.2. The fourth-order valence-electron chi connectivity index (χ4n) is 2.17. The van der Waals surface area contributed by atoms with Crippen molar-refractivity contribution in [3.63, 3.8) is 0 Å². The summed E-state index contributed by atoms with van der Waals surface area (Å²) in [5, 5.41) is 0. The number of pyridine rings is 1. The minimum absolute atomic E-state index is 0.258. The third-order valence-electron chi connectivity index (χ3n) is 3.00. The Morgan fingerprint density at radius 2 is 2.16 bits per heavy atom. The number of fused-ring (bicyclic) bond motifs is 1. The summed E-state index contributed by atoms with van der Waals surface area (Å²) < 4.78 is 15.1. The second kappa shape index (κ2) is 4.63. The summed E-state index contributed by atoms with van der Waals surface area (Å²) in [7, 11) is 0. The van der Waals surface area contributed by atoms with Gasteiger partial charge in [-0.3, -0.25) is 4.57 Å². The van der Waals surface area contributed by atoms with Crippen LogP contribution in [0, 0.1) is 12.7 Å². The van der Waals surface area contributed by atoms with Crippen molar-refractivity contribution in [2.45, 2.75) is 12.8 Å². The maximum absolute atomic E-state index is 13.2. The molecule has 19 heavy (non-hydrogen) atoms. The molecule has 0 aliphatic rings. The predicted molar refractivity (Wildman–Crippen MR) is 73.1 cm³/mol. The molecular weight excluding hydrogens is 265 g/mol. The lowest BCUT2D eigenvalue weighted by molar-refractivity contribution is 0.626. The summed E-state index contributed by atoms with van der Waals surface area (Å²) in [5.74, 6) is 0.712. The van der Waals surface area contributed by atoms with Gasteiger partial charge in [-0.1, -0.05) is 0 Å². The zero-order valence-electron chi connectivity index (χ0n) is 10.3. The van der Waals surface area contributed by atoms with Gasteiger partial charge < -0.3 is 0 Å². The maximum Gasteiger partial charge on any atom is 0.164 e. The minimum atomic E-state index is -0.258. The van der Waals surface area contributed by atoms with Gasteiger partial charge in [0.15, 0.2) is 5.65 Å². The number of benzene rings is 1. The summed E-state index contributed by atoms with van der Waals surface area (Å²) in [5.41, 5.74) is 3.17. The van der Waals surface area contributed by atoms with Crippen molar-refractivity contribution in [3.05, 3.63) is 53.7 Å². The van der Waals surface area contributed by atoms with Crippen molar-refractivity contribution in [1.82, 2.24) is 14.5 Å². The van der Waals surface area contributed by atoms with E-state index in [1.54, 1.807) is 12.3 Å². The Bertz CT molecular complexity index is 752. The molecule has 3 rings (SSSR count). The minimum Gasteiger partial charge on any atom is -0.279 e. The Kier molecular flexibility index (Phi) is 2.95. The lowest BCUT2D eigenvalue weighted by atomic mass is 10.2. The van der Waals surface area contributed by atoms with E-state index in [-0.39, 0.29) is 11.7 Å². The number of rotatable bonds is 2. The molecule has 0 unspecified atom stereocenters. The summed E-state index contributed by atoms with van der Waals surface area (Å²) in [6.07, 6.45) is 1.71. The molecule has 0 N–H and O–H groups in total. The topological polar surface area (TPSA) is 30.7 Å². The van der Waals surface area contributed by atoms with Gasteiger partial charge in [0.25, 0.3) is 0 Å². The van der Waals surface area contributed by atoms with Crippen LogP contribution in [0.1, 0.15) is 11.4 Å². The van der Waals surface area contributed by atoms with Crippen LogP contribution in [-0.4, -0.2) is 14.5 Å². The lowest BCUT2D eigenvalue weighted by Crippen LogP contribution is -2.02. The zero-order chi connectivity index (χ0) is 13.4. The van der Waals surface area contributed by atoms with Gasteiger partial charge in [-0.15, -0.1) is 11.6 Å². The Labute approximate surface area is 114 Å². The monoisotopic (exact) mass is 275 g/mol. The second-order valence-corrected chi connectivity index (χ2v) is 4.54. The number of imidazole rings is 1. The SMILES string of the molecule is Cc1cc(F)ccc1-n1c(CCl)nc2cccnc21. The Morgan fingerprint density at radius 3 is 2.89 bits per heavy atom. The molecule has 0 spiro atoms. The van der Waals surface area contributed by atoms with Crippen LogP contribution in [0.3, 0.4) is 0 Å². The fourth-order valence-corrected chi connectivity index (χ4v) is 2.35. The van der Waals surface area contributed by atoms with E-state index in [1.807, 2.05) is 23.6 Å². The van der Waals surface area contributed by atoms with Crippen molar-refractivity contribution in [2.24, 2.45) is 0 Å². The first-order valence-electron chi connectivity index (χ1n) is 5.85. The zero-order valence-corrected chi connectivity index (χ0v) is 11.0. The number of hydrogen-bond donors (Lipinski definition) is 0. The van der Waals surface area contributed by atoms with Gasteiger partial charge in [-0.05, 0) is 42.8 Å². The first-order chi connectivity index (χ1) is 9.20. The third kappa shape index (κ3) is 1.98. The normalized spacial score (nSPS) is 11.1. The molecule has 0 fully saturated rings. The molecule has 0 bridgehead atoms. The number of nitrogens with zero attached hydrogens (tertiary/aromatic N) is 3. The van der Waals surface area contributed by atoms with Crippen molar-refractivity contribution in [3.8, 4) is 5.69 Å². The number of aryl methyl sites for hydroxylation is 1. The predicted octanol–water partition coefficient (Wildman–Crippen LogP) is 3.61. The molecule has 0 atom stereocenters. The summed E-state index contributed by atoms with van der Waals surface area (Å²) in [4.78, 5) is 8.78. The van der Waals surface area contributed by atoms with Gasteiger partial charge >= 0.3 is 0 Å². The van der Waals surface area contributed by atoms with E-state index in [0.29, 0.717) is 5.82 Å². The number of hydrogen-bond acceptors (Lipinski definition) is 2. The van der Waals surface area contributed by atoms with Crippen LogP contribution in [0.25, 0.3) is 16.9 Å². The molecule has 0 saturated heterocycles. The number of aromatic nitrogens is 3. The molecule has 0 amide bonds. The summed E-state index contributed by atoms with van der Waals surface area (Å²) in [6.45, 7) is 1.85. The Morgan fingerprint density at radius 1 is 1.32 bits per heavy atom. The number of alkyl halides is 1. The van der Waals surface area contributed by atoms with E-state index in [0.717, 1.165) is 22.4 Å². The Balaban J connectivity index is 2.34. The molecule has 3 nitrogen and oxygen atoms in total. The van der Waals surface area contributed by atoms with Crippen LogP contribution in [0.5, 0.6) is 0 Å². The standard InChI is InChI=1S/C14H11ClFN3/c1-9-7-10(16)4-5-12(9)19-13(8-15)18-11-3-2-6-17-14(11)19/h2-7H,8H2,1H3. The molecule has 2 aromatic heterocycles. The van der Waals surface area contributed by atoms with E-state index in [1.165, 1.54) is 12.1 Å². The van der Waals surface area contributed by atoms with Crippen LogP contribution in [0.15, 0.2) is 36.5 Å². The van der Waals surface area contributed by atoms with Gasteiger partial charge in [-0.2, -0.15) is 0 Å². The van der Waals surface area contributed by atoms with Gasteiger partial charge in [0.2, 0.25) is 0 Å². The molecule has 0 aliphatic heterocycles. The first kappa shape index (κ1) is 12.1. The van der Waals surface area contributed by atoms with E-state index in [2.05, 4.69) is 9.97 Å². The second-order valence-electron chi connectivity index (χ2n) is 4.27. The molecule has 1 aromatic carbocycles. The highest BCUT2D eigenvalue weighted by molar-refractivity contribution is 6.16. The van der Waals surface area contributed by atoms with E-state index in [9.17, 15) is 4.39 Å². The smallest absolute Gasteiger partial charge is 0.164 e. The quantitative estimate of drug-likeness (QED) is 0.669. The molecule has 0 saturated carbocycles. The highest BCUT2D eigenvalue weighted by Crippen LogP contribution is 2.23. The summed E-state index contributed by atoms with van der Waals surface area (Å²) in [6, 6.07) is 8.34. The summed E-state index contributed by atoms with van der Waals surface area (Å²) >= 11 is 5.95. The van der Waals surface area contributed by atoms with E-state index < -0.39 is 0 Å². The van der Waals surface area contributed by atoms with Gasteiger partial charge in [0, 0.05) is 6.20 Å². The van der Waals surface area contributed by atoms with E-state index in [4.69, 9.17) is 11.6 Å². The van der Waals surface area contributed by atoms with Crippen LogP contribution in [0.2, 0.25) is 0 Å². The molecule has 3 aromatic rings. The van der Waals surface area contributed by atoms with Crippen molar-refractivity contribution in [1.29, 1.82) is 0 Å². The molecule has 96 valence electrons. The third-order valence-corrected chi connectivity index (χ3v) is 3.24. The molecule has 0 aliphatic carbocycles.